The highest BCUT2D eigenvalue weighted by atomic mass is 79.9. The first kappa shape index (κ1) is 15.5. The summed E-state index contributed by atoms with van der Waals surface area (Å²) >= 11 is 3.41. The molecule has 0 aliphatic carbocycles. The lowest BCUT2D eigenvalue weighted by Crippen LogP contribution is -2.43. The van der Waals surface area contributed by atoms with Gasteiger partial charge < -0.3 is 4.74 Å². The molecule has 0 bridgehead atoms. The molecule has 110 valence electrons. The molecule has 1 aliphatic heterocycles. The quantitative estimate of drug-likeness (QED) is 0.792. The number of likely N-dealkylation sites (tertiary alicyclic amines) is 1. The topological polar surface area (TPSA) is 29.5 Å². The van der Waals surface area contributed by atoms with Crippen LogP contribution in [0.15, 0.2) is 28.7 Å². The number of carbonyl (C=O) groups excluding carboxylic acids is 1. The van der Waals surface area contributed by atoms with E-state index in [4.69, 9.17) is 4.74 Å². The second-order valence-corrected chi connectivity index (χ2v) is 6.34. The summed E-state index contributed by atoms with van der Waals surface area (Å²) in [6.45, 7) is 4.42. The highest BCUT2D eigenvalue weighted by molar-refractivity contribution is 9.10. The number of hydrogen-bond acceptors (Lipinski definition) is 3. The number of ether oxygens (including phenoxy) is 1. The molecule has 1 atom stereocenters. The summed E-state index contributed by atoms with van der Waals surface area (Å²) in [6.07, 6.45) is 4.34. The normalized spacial score (nSPS) is 17.7. The lowest BCUT2D eigenvalue weighted by atomic mass is 10.1. The lowest BCUT2D eigenvalue weighted by molar-refractivity contribution is -0.118. The molecule has 2 rings (SSSR count). The average molecular weight is 340 g/mol. The van der Waals surface area contributed by atoms with Crippen molar-refractivity contribution in [1.82, 2.24) is 4.90 Å². The third kappa shape index (κ3) is 4.91. The van der Waals surface area contributed by atoms with Gasteiger partial charge in [-0.2, -0.15) is 0 Å². The van der Waals surface area contributed by atoms with Crippen molar-refractivity contribution in [2.45, 2.75) is 38.6 Å². The fourth-order valence-electron chi connectivity index (χ4n) is 2.63. The zero-order chi connectivity index (χ0) is 14.4. The minimum Gasteiger partial charge on any atom is -0.492 e. The first-order chi connectivity index (χ1) is 9.65. The summed E-state index contributed by atoms with van der Waals surface area (Å²) in [5.74, 6) is 1.10. The Kier molecular flexibility index (Phi) is 6.05. The van der Waals surface area contributed by atoms with E-state index in [9.17, 15) is 4.79 Å². The Morgan fingerprint density at radius 3 is 2.50 bits per heavy atom. The highest BCUT2D eigenvalue weighted by Crippen LogP contribution is 2.19. The smallest absolute Gasteiger partial charge is 0.131 e. The Morgan fingerprint density at radius 2 is 1.90 bits per heavy atom. The first-order valence-electron chi connectivity index (χ1n) is 7.27. The van der Waals surface area contributed by atoms with E-state index in [1.54, 1.807) is 6.92 Å². The minimum absolute atomic E-state index is 0.205. The average Bonchev–Trinajstić information content (AvgIpc) is 2.46. The Labute approximate surface area is 129 Å². The van der Waals surface area contributed by atoms with Gasteiger partial charge in [-0.05, 0) is 57.1 Å². The van der Waals surface area contributed by atoms with Crippen LogP contribution in [0.3, 0.4) is 0 Å². The Bertz CT molecular complexity index is 427. The Hall–Kier alpha value is -0.870. The van der Waals surface area contributed by atoms with Crippen LogP contribution in [0.4, 0.5) is 0 Å². The summed E-state index contributed by atoms with van der Waals surface area (Å²) in [5, 5.41) is 0. The van der Waals surface area contributed by atoms with Crippen LogP contribution in [-0.2, 0) is 4.79 Å². The molecule has 0 radical (unpaired) electrons. The van der Waals surface area contributed by atoms with Crippen LogP contribution in [0.1, 0.15) is 32.6 Å². The molecule has 1 aliphatic rings. The van der Waals surface area contributed by atoms with Gasteiger partial charge in [0.2, 0.25) is 0 Å². The molecular weight excluding hydrogens is 318 g/mol. The molecule has 1 heterocycles. The molecule has 0 amide bonds. The van der Waals surface area contributed by atoms with E-state index < -0.39 is 0 Å². The third-order valence-corrected chi connectivity index (χ3v) is 4.21. The van der Waals surface area contributed by atoms with E-state index in [-0.39, 0.29) is 11.8 Å². The van der Waals surface area contributed by atoms with Crippen LogP contribution in [0.5, 0.6) is 5.75 Å². The van der Waals surface area contributed by atoms with Crippen LogP contribution in [0.2, 0.25) is 0 Å². The molecule has 0 saturated carbocycles. The first-order valence-corrected chi connectivity index (χ1v) is 8.06. The van der Waals surface area contributed by atoms with Gasteiger partial charge in [-0.3, -0.25) is 9.69 Å². The zero-order valence-corrected chi connectivity index (χ0v) is 13.6. The second kappa shape index (κ2) is 7.79. The van der Waals surface area contributed by atoms with Crippen LogP contribution >= 0.6 is 15.9 Å². The molecule has 1 aromatic carbocycles. The summed E-state index contributed by atoms with van der Waals surface area (Å²) in [7, 11) is 0. The van der Waals surface area contributed by atoms with Crippen LogP contribution in [0, 0.1) is 0 Å². The SMILES string of the molecule is CC(=O)CC(COc1ccc(Br)cc1)N1CCCCC1. The fourth-order valence-corrected chi connectivity index (χ4v) is 2.90. The maximum atomic E-state index is 11.5. The molecule has 1 saturated heterocycles. The minimum atomic E-state index is 0.205. The Morgan fingerprint density at radius 1 is 1.25 bits per heavy atom. The van der Waals surface area contributed by atoms with Crippen LogP contribution < -0.4 is 4.74 Å². The van der Waals surface area contributed by atoms with Gasteiger partial charge >= 0.3 is 0 Å². The van der Waals surface area contributed by atoms with Crippen molar-refractivity contribution in [3.63, 3.8) is 0 Å². The van der Waals surface area contributed by atoms with E-state index in [0.717, 1.165) is 23.3 Å². The maximum absolute atomic E-state index is 11.5. The van der Waals surface area contributed by atoms with Crippen molar-refractivity contribution in [3.05, 3.63) is 28.7 Å². The largest absolute Gasteiger partial charge is 0.492 e. The number of hydrogen-bond donors (Lipinski definition) is 0. The molecule has 4 heteroatoms. The van der Waals surface area contributed by atoms with Crippen molar-refractivity contribution in [2.24, 2.45) is 0 Å². The summed E-state index contributed by atoms with van der Waals surface area (Å²) < 4.78 is 6.91. The van der Waals surface area contributed by atoms with Gasteiger partial charge in [0.25, 0.3) is 0 Å². The number of carbonyl (C=O) groups is 1. The second-order valence-electron chi connectivity index (χ2n) is 5.42. The Balaban J connectivity index is 1.92. The predicted octanol–water partition coefficient (Wildman–Crippen LogP) is 3.66. The van der Waals surface area contributed by atoms with Crippen molar-refractivity contribution >= 4 is 21.7 Å². The standard InChI is InChI=1S/C16H22BrNO2/c1-13(19)11-15(18-9-3-2-4-10-18)12-20-16-7-5-14(17)6-8-16/h5-8,15H,2-4,9-12H2,1H3. The highest BCUT2D eigenvalue weighted by Gasteiger charge is 2.22. The van der Waals surface area contributed by atoms with E-state index in [1.165, 1.54) is 19.3 Å². The lowest BCUT2D eigenvalue weighted by Gasteiger charge is -2.34. The van der Waals surface area contributed by atoms with Gasteiger partial charge in [0.15, 0.2) is 0 Å². The van der Waals surface area contributed by atoms with Gasteiger partial charge in [0.05, 0.1) is 6.04 Å². The van der Waals surface area contributed by atoms with Crippen molar-refractivity contribution in [1.29, 1.82) is 0 Å². The van der Waals surface area contributed by atoms with Crippen molar-refractivity contribution < 1.29 is 9.53 Å². The summed E-state index contributed by atoms with van der Waals surface area (Å²) in [5.41, 5.74) is 0. The molecule has 20 heavy (non-hydrogen) atoms. The van der Waals surface area contributed by atoms with Gasteiger partial charge in [0.1, 0.15) is 18.1 Å². The van der Waals surface area contributed by atoms with E-state index in [1.807, 2.05) is 24.3 Å². The summed E-state index contributed by atoms with van der Waals surface area (Å²) in [6, 6.07) is 8.04. The molecule has 0 aromatic heterocycles. The molecule has 1 unspecified atom stereocenters. The molecule has 0 N–H and O–H groups in total. The van der Waals surface area contributed by atoms with E-state index in [2.05, 4.69) is 20.8 Å². The van der Waals surface area contributed by atoms with Crippen LogP contribution in [-0.4, -0.2) is 36.4 Å². The number of nitrogens with zero attached hydrogens (tertiary/aromatic N) is 1. The molecule has 0 spiro atoms. The van der Waals surface area contributed by atoms with Crippen molar-refractivity contribution in [2.75, 3.05) is 19.7 Å². The molecule has 1 fully saturated rings. The molecular formula is C16H22BrNO2. The van der Waals surface area contributed by atoms with Crippen LogP contribution in [0.25, 0.3) is 0 Å². The van der Waals surface area contributed by atoms with Gasteiger partial charge in [0, 0.05) is 10.9 Å². The maximum Gasteiger partial charge on any atom is 0.131 e. The monoisotopic (exact) mass is 339 g/mol. The van der Waals surface area contributed by atoms with E-state index in [0.29, 0.717) is 13.0 Å². The fraction of sp³-hybridized carbons (Fsp3) is 0.562. The number of piperidine rings is 1. The number of Topliss-reactive ketones (excluding diaryl/α,β-unsaturated/α-hetero) is 1. The number of rotatable bonds is 6. The van der Waals surface area contributed by atoms with Gasteiger partial charge in [-0.15, -0.1) is 0 Å². The number of benzene rings is 1. The van der Waals surface area contributed by atoms with Gasteiger partial charge in [-0.1, -0.05) is 22.4 Å². The number of halogens is 1. The van der Waals surface area contributed by atoms with Gasteiger partial charge in [-0.25, -0.2) is 0 Å². The predicted molar refractivity (Wildman–Crippen MR) is 84.1 cm³/mol. The van der Waals surface area contributed by atoms with Crippen molar-refractivity contribution in [3.8, 4) is 5.75 Å². The molecule has 1 aromatic rings. The zero-order valence-electron chi connectivity index (χ0n) is 12.0. The van der Waals surface area contributed by atoms with E-state index >= 15 is 0 Å². The number of ketones is 1. The third-order valence-electron chi connectivity index (χ3n) is 3.69. The molecule has 3 nitrogen and oxygen atoms in total. The summed E-state index contributed by atoms with van der Waals surface area (Å²) in [4.78, 5) is 13.9.